The van der Waals surface area contributed by atoms with Crippen molar-refractivity contribution in [2.75, 3.05) is 0 Å². The summed E-state index contributed by atoms with van der Waals surface area (Å²) in [5, 5.41) is 0. The summed E-state index contributed by atoms with van der Waals surface area (Å²) in [5.74, 6) is 0.413. The molecule has 2 rings (SSSR count). The Morgan fingerprint density at radius 2 is 2.00 bits per heavy atom. The van der Waals surface area contributed by atoms with Crippen LogP contribution in [0.4, 0.5) is 0 Å². The average Bonchev–Trinajstić information content (AvgIpc) is 2.20. The molecule has 0 bridgehead atoms. The molecule has 0 spiro atoms. The Kier molecular flexibility index (Phi) is 2.34. The molecule has 0 aliphatic heterocycles. The van der Waals surface area contributed by atoms with Crippen molar-refractivity contribution in [3.63, 3.8) is 0 Å². The molecule has 68 valence electrons. The topological polar surface area (TPSA) is 42.9 Å². The molecule has 0 radical (unpaired) electrons. The standard InChI is InChI=1S/C10H12N2O/c13-10-4-2-1-3-9(10)8-5-11-7-12-6-8/h5-7,9H,1-4H2/t9-/m0/s1. The van der Waals surface area contributed by atoms with E-state index in [4.69, 9.17) is 0 Å². The second kappa shape index (κ2) is 3.64. The number of nitrogens with zero attached hydrogens (tertiary/aromatic N) is 2. The van der Waals surface area contributed by atoms with Crippen LogP contribution in [0.1, 0.15) is 37.2 Å². The highest BCUT2D eigenvalue weighted by Crippen LogP contribution is 2.28. The van der Waals surface area contributed by atoms with Gasteiger partial charge in [0.05, 0.1) is 0 Å². The first-order valence-corrected chi connectivity index (χ1v) is 4.65. The Hall–Kier alpha value is -1.25. The largest absolute Gasteiger partial charge is 0.299 e. The molecule has 3 nitrogen and oxygen atoms in total. The van der Waals surface area contributed by atoms with Crippen molar-refractivity contribution in [1.82, 2.24) is 9.97 Å². The molecule has 0 unspecified atom stereocenters. The first-order valence-electron chi connectivity index (χ1n) is 4.65. The first kappa shape index (κ1) is 8.35. The fraction of sp³-hybridized carbons (Fsp3) is 0.500. The Balaban J connectivity index is 2.20. The smallest absolute Gasteiger partial charge is 0.140 e. The molecule has 1 fully saturated rings. The van der Waals surface area contributed by atoms with Gasteiger partial charge in [-0.2, -0.15) is 0 Å². The van der Waals surface area contributed by atoms with Gasteiger partial charge in [-0.05, 0) is 18.4 Å². The van der Waals surface area contributed by atoms with Crippen LogP contribution in [0.3, 0.4) is 0 Å². The number of hydrogen-bond donors (Lipinski definition) is 0. The van der Waals surface area contributed by atoms with E-state index in [9.17, 15) is 4.79 Å². The van der Waals surface area contributed by atoms with Crippen LogP contribution in [0.15, 0.2) is 18.7 Å². The highest BCUT2D eigenvalue weighted by Gasteiger charge is 2.23. The van der Waals surface area contributed by atoms with Crippen molar-refractivity contribution in [2.45, 2.75) is 31.6 Å². The van der Waals surface area contributed by atoms with E-state index in [1.807, 2.05) is 0 Å². The van der Waals surface area contributed by atoms with E-state index in [2.05, 4.69) is 9.97 Å². The summed E-state index contributed by atoms with van der Waals surface area (Å²) in [6.07, 6.45) is 8.87. The zero-order chi connectivity index (χ0) is 9.10. The fourth-order valence-electron chi connectivity index (χ4n) is 1.83. The zero-order valence-electron chi connectivity index (χ0n) is 7.44. The molecule has 0 N–H and O–H groups in total. The van der Waals surface area contributed by atoms with Gasteiger partial charge >= 0.3 is 0 Å². The third kappa shape index (κ3) is 1.74. The van der Waals surface area contributed by atoms with E-state index in [0.717, 1.165) is 31.2 Å². The van der Waals surface area contributed by atoms with Crippen LogP contribution >= 0.6 is 0 Å². The minimum Gasteiger partial charge on any atom is -0.299 e. The highest BCUT2D eigenvalue weighted by molar-refractivity contribution is 5.86. The number of aromatic nitrogens is 2. The highest BCUT2D eigenvalue weighted by atomic mass is 16.1. The van der Waals surface area contributed by atoms with Crippen LogP contribution in [0.5, 0.6) is 0 Å². The summed E-state index contributed by atoms with van der Waals surface area (Å²) in [5.41, 5.74) is 0.979. The first-order chi connectivity index (χ1) is 6.38. The Morgan fingerprint density at radius 1 is 1.23 bits per heavy atom. The van der Waals surface area contributed by atoms with Gasteiger partial charge in [0.15, 0.2) is 0 Å². The average molecular weight is 176 g/mol. The third-order valence-corrected chi connectivity index (χ3v) is 2.54. The van der Waals surface area contributed by atoms with Crippen LogP contribution in [0, 0.1) is 0 Å². The van der Waals surface area contributed by atoms with Crippen LogP contribution in [0.25, 0.3) is 0 Å². The summed E-state index contributed by atoms with van der Waals surface area (Å²) < 4.78 is 0. The predicted octanol–water partition coefficient (Wildman–Crippen LogP) is 1.70. The van der Waals surface area contributed by atoms with Gasteiger partial charge in [0.25, 0.3) is 0 Å². The van der Waals surface area contributed by atoms with E-state index in [-0.39, 0.29) is 5.92 Å². The molecule has 1 atom stereocenters. The predicted molar refractivity (Wildman–Crippen MR) is 48.2 cm³/mol. The van der Waals surface area contributed by atoms with Crippen molar-refractivity contribution in [2.24, 2.45) is 0 Å². The van der Waals surface area contributed by atoms with Crippen LogP contribution < -0.4 is 0 Å². The van der Waals surface area contributed by atoms with E-state index in [1.54, 1.807) is 12.4 Å². The van der Waals surface area contributed by atoms with E-state index in [1.165, 1.54) is 6.33 Å². The second-order valence-electron chi connectivity index (χ2n) is 3.44. The lowest BCUT2D eigenvalue weighted by molar-refractivity contribution is -0.121. The van der Waals surface area contributed by atoms with Gasteiger partial charge < -0.3 is 0 Å². The van der Waals surface area contributed by atoms with E-state index in [0.29, 0.717) is 5.78 Å². The third-order valence-electron chi connectivity index (χ3n) is 2.54. The normalized spacial score (nSPS) is 23.1. The molecule has 0 saturated heterocycles. The van der Waals surface area contributed by atoms with Crippen LogP contribution in [-0.4, -0.2) is 15.8 Å². The van der Waals surface area contributed by atoms with Crippen LogP contribution in [0.2, 0.25) is 0 Å². The van der Waals surface area contributed by atoms with Gasteiger partial charge in [-0.3, -0.25) is 4.79 Å². The molecule has 1 aromatic heterocycles. The van der Waals surface area contributed by atoms with Crippen molar-refractivity contribution in [3.05, 3.63) is 24.3 Å². The monoisotopic (exact) mass is 176 g/mol. The molecule has 1 heterocycles. The summed E-state index contributed by atoms with van der Waals surface area (Å²) in [4.78, 5) is 19.4. The van der Waals surface area contributed by atoms with Gasteiger partial charge in [0.1, 0.15) is 12.1 Å². The zero-order valence-corrected chi connectivity index (χ0v) is 7.44. The lowest BCUT2D eigenvalue weighted by atomic mass is 9.84. The maximum Gasteiger partial charge on any atom is 0.140 e. The lowest BCUT2D eigenvalue weighted by Crippen LogP contribution is -2.17. The molecule has 3 heteroatoms. The molecule has 1 saturated carbocycles. The van der Waals surface area contributed by atoms with Crippen molar-refractivity contribution < 1.29 is 4.79 Å². The SMILES string of the molecule is O=C1CCCC[C@H]1c1cncnc1. The number of carbonyl (C=O) groups excluding carboxylic acids is 1. The number of ketones is 1. The molecule has 1 aliphatic carbocycles. The number of hydrogen-bond acceptors (Lipinski definition) is 3. The van der Waals surface area contributed by atoms with Crippen molar-refractivity contribution in [3.8, 4) is 0 Å². The van der Waals surface area contributed by atoms with Gasteiger partial charge in [-0.1, -0.05) is 6.42 Å². The Bertz CT molecular complexity index is 297. The van der Waals surface area contributed by atoms with E-state index < -0.39 is 0 Å². The number of Topliss-reactive ketones (excluding diaryl/α,β-unsaturated/α-hetero) is 1. The molecule has 0 amide bonds. The fourth-order valence-corrected chi connectivity index (χ4v) is 1.83. The maximum atomic E-state index is 11.5. The summed E-state index contributed by atoms with van der Waals surface area (Å²) in [6.45, 7) is 0. The number of carbonyl (C=O) groups is 1. The Labute approximate surface area is 77.2 Å². The van der Waals surface area contributed by atoms with Crippen molar-refractivity contribution >= 4 is 5.78 Å². The summed E-state index contributed by atoms with van der Waals surface area (Å²) >= 11 is 0. The van der Waals surface area contributed by atoms with Crippen molar-refractivity contribution in [1.29, 1.82) is 0 Å². The molecule has 0 aromatic carbocycles. The maximum absolute atomic E-state index is 11.5. The van der Waals surface area contributed by atoms with E-state index >= 15 is 0 Å². The van der Waals surface area contributed by atoms with Gasteiger partial charge in [0, 0.05) is 24.7 Å². The van der Waals surface area contributed by atoms with Gasteiger partial charge in [-0.25, -0.2) is 9.97 Å². The molecule has 13 heavy (non-hydrogen) atoms. The Morgan fingerprint density at radius 3 is 2.69 bits per heavy atom. The molecule has 1 aromatic rings. The number of rotatable bonds is 1. The summed E-state index contributed by atoms with van der Waals surface area (Å²) in [6, 6.07) is 0. The van der Waals surface area contributed by atoms with Gasteiger partial charge in [0.2, 0.25) is 0 Å². The molecular formula is C10H12N2O. The minimum absolute atomic E-state index is 0.0648. The van der Waals surface area contributed by atoms with Gasteiger partial charge in [-0.15, -0.1) is 0 Å². The lowest BCUT2D eigenvalue weighted by Gasteiger charge is -2.19. The summed E-state index contributed by atoms with van der Waals surface area (Å²) in [7, 11) is 0. The molecular weight excluding hydrogens is 164 g/mol. The quantitative estimate of drug-likeness (QED) is 0.654. The second-order valence-corrected chi connectivity index (χ2v) is 3.44. The minimum atomic E-state index is 0.0648. The molecule has 1 aliphatic rings. The van der Waals surface area contributed by atoms with Crippen LogP contribution in [-0.2, 0) is 4.79 Å².